The molecule has 2 atom stereocenters. The van der Waals surface area contributed by atoms with Crippen molar-refractivity contribution in [3.63, 3.8) is 0 Å². The zero-order chi connectivity index (χ0) is 25.6. The molecule has 2 aromatic rings. The molecule has 0 spiro atoms. The van der Waals surface area contributed by atoms with E-state index in [4.69, 9.17) is 14.2 Å². The number of benzene rings is 2. The van der Waals surface area contributed by atoms with Gasteiger partial charge in [-0.2, -0.15) is 0 Å². The number of carbonyl (C=O) groups excluding carboxylic acids is 2. The molecule has 3 aliphatic rings. The minimum Gasteiger partial charge on any atom is -0.457 e. The molecule has 186 valence electrons. The molecule has 2 unspecified atom stereocenters. The first-order chi connectivity index (χ1) is 17.1. The summed E-state index contributed by atoms with van der Waals surface area (Å²) in [7, 11) is 0. The quantitative estimate of drug-likeness (QED) is 0.333. The van der Waals surface area contributed by atoms with Crippen molar-refractivity contribution in [1.29, 1.82) is 0 Å². The molecule has 9 heteroatoms. The number of Topliss-reactive ketones (excluding diaryl/α,β-unsaturated/α-hetero) is 1. The third-order valence-electron chi connectivity index (χ3n) is 6.85. The Labute approximate surface area is 207 Å². The lowest BCUT2D eigenvalue weighted by molar-refractivity contribution is -0.385. The van der Waals surface area contributed by atoms with E-state index in [9.17, 15) is 19.7 Å². The number of carbonyl (C=O) groups is 2. The standard InChI is InChI=1S/C27H26N2O7/c1-15-23(26(31)34-13-16-7-5-4-6-8-16)24(25-18(28-15)11-27(2,3)12-20(25)30)17-9-21-22(36-14-35-21)10-19(17)29(32)33/h4-10,24-25H,11-14H2,1-3H3. The topological polar surface area (TPSA) is 117 Å². The maximum absolute atomic E-state index is 13.5. The van der Waals surface area contributed by atoms with Crippen LogP contribution >= 0.6 is 0 Å². The molecule has 1 fully saturated rings. The van der Waals surface area contributed by atoms with Gasteiger partial charge < -0.3 is 14.2 Å². The maximum atomic E-state index is 13.5. The van der Waals surface area contributed by atoms with Crippen LogP contribution < -0.4 is 9.47 Å². The lowest BCUT2D eigenvalue weighted by Gasteiger charge is -2.40. The molecule has 9 nitrogen and oxygen atoms in total. The Morgan fingerprint density at radius 2 is 1.83 bits per heavy atom. The summed E-state index contributed by atoms with van der Waals surface area (Å²) in [6.07, 6.45) is 0.818. The van der Waals surface area contributed by atoms with Gasteiger partial charge in [0.05, 0.1) is 22.5 Å². The Morgan fingerprint density at radius 1 is 1.14 bits per heavy atom. The van der Waals surface area contributed by atoms with Crippen LogP contribution in [-0.4, -0.2) is 29.2 Å². The number of nitro benzene ring substituents is 1. The van der Waals surface area contributed by atoms with Gasteiger partial charge in [0, 0.05) is 29.3 Å². The molecule has 1 saturated carbocycles. The molecule has 0 N–H and O–H groups in total. The molecular formula is C27H26N2O7. The van der Waals surface area contributed by atoms with Crippen molar-refractivity contribution in [2.45, 2.75) is 46.1 Å². The van der Waals surface area contributed by atoms with Crippen LogP contribution in [0, 0.1) is 21.4 Å². The average molecular weight is 491 g/mol. The van der Waals surface area contributed by atoms with Crippen molar-refractivity contribution >= 4 is 23.2 Å². The van der Waals surface area contributed by atoms with Crippen LogP contribution in [0.2, 0.25) is 0 Å². The Kier molecular flexibility index (Phi) is 5.86. The number of esters is 1. The van der Waals surface area contributed by atoms with Crippen molar-refractivity contribution < 1.29 is 28.7 Å². The van der Waals surface area contributed by atoms with Gasteiger partial charge in [-0.1, -0.05) is 44.2 Å². The predicted octanol–water partition coefficient (Wildman–Crippen LogP) is 4.88. The van der Waals surface area contributed by atoms with Crippen LogP contribution in [0.1, 0.15) is 50.7 Å². The molecular weight excluding hydrogens is 464 g/mol. The van der Waals surface area contributed by atoms with Gasteiger partial charge in [-0.05, 0) is 30.4 Å². The van der Waals surface area contributed by atoms with Crippen molar-refractivity contribution in [3.8, 4) is 11.5 Å². The Morgan fingerprint density at radius 3 is 2.53 bits per heavy atom. The number of hydrogen-bond donors (Lipinski definition) is 0. The van der Waals surface area contributed by atoms with Crippen LogP contribution in [0.4, 0.5) is 5.69 Å². The van der Waals surface area contributed by atoms with Gasteiger partial charge in [-0.15, -0.1) is 0 Å². The van der Waals surface area contributed by atoms with E-state index < -0.39 is 22.7 Å². The lowest BCUT2D eigenvalue weighted by atomic mass is 9.63. The van der Waals surface area contributed by atoms with Gasteiger partial charge in [0.2, 0.25) is 6.79 Å². The number of hydrogen-bond acceptors (Lipinski definition) is 8. The van der Waals surface area contributed by atoms with E-state index in [2.05, 4.69) is 4.99 Å². The molecule has 1 aliphatic carbocycles. The summed E-state index contributed by atoms with van der Waals surface area (Å²) in [6.45, 7) is 5.62. The predicted molar refractivity (Wildman–Crippen MR) is 130 cm³/mol. The third kappa shape index (κ3) is 4.25. The number of rotatable bonds is 5. The van der Waals surface area contributed by atoms with E-state index in [1.165, 1.54) is 12.1 Å². The van der Waals surface area contributed by atoms with Gasteiger partial charge in [0.25, 0.3) is 5.69 Å². The summed E-state index contributed by atoms with van der Waals surface area (Å²) >= 11 is 0. The molecule has 2 aromatic carbocycles. The summed E-state index contributed by atoms with van der Waals surface area (Å²) in [4.78, 5) is 43.3. The summed E-state index contributed by atoms with van der Waals surface area (Å²) in [5, 5.41) is 12.1. The molecule has 0 amide bonds. The molecule has 2 heterocycles. The van der Waals surface area contributed by atoms with E-state index >= 15 is 0 Å². The number of fused-ring (bicyclic) bond motifs is 2. The fourth-order valence-electron chi connectivity index (χ4n) is 5.35. The second kappa shape index (κ2) is 8.89. The highest BCUT2D eigenvalue weighted by atomic mass is 16.7. The fourth-order valence-corrected chi connectivity index (χ4v) is 5.35. The number of aliphatic imine (C=N–C) groups is 1. The maximum Gasteiger partial charge on any atom is 0.336 e. The average Bonchev–Trinajstić information content (AvgIpc) is 3.28. The highest BCUT2D eigenvalue weighted by Crippen LogP contribution is 2.51. The van der Waals surface area contributed by atoms with E-state index in [1.54, 1.807) is 6.92 Å². The Balaban J connectivity index is 1.63. The normalized spacial score (nSPS) is 22.1. The minimum atomic E-state index is -0.931. The van der Waals surface area contributed by atoms with E-state index in [1.807, 2.05) is 44.2 Å². The van der Waals surface area contributed by atoms with Crippen molar-refractivity contribution in [1.82, 2.24) is 0 Å². The second-order valence-corrected chi connectivity index (χ2v) is 10.1. The van der Waals surface area contributed by atoms with Crippen molar-refractivity contribution in [2.75, 3.05) is 6.79 Å². The highest BCUT2D eigenvalue weighted by Gasteiger charge is 2.49. The fraction of sp³-hybridized carbons (Fsp3) is 0.370. The Hall–Kier alpha value is -4.01. The summed E-state index contributed by atoms with van der Waals surface area (Å²) in [5.74, 6) is -1.92. The van der Waals surface area contributed by atoms with Gasteiger partial charge in [-0.3, -0.25) is 19.9 Å². The zero-order valence-electron chi connectivity index (χ0n) is 20.3. The second-order valence-electron chi connectivity index (χ2n) is 10.1. The number of ketones is 1. The van der Waals surface area contributed by atoms with E-state index in [0.717, 1.165) is 5.56 Å². The van der Waals surface area contributed by atoms with Gasteiger partial charge in [0.1, 0.15) is 12.4 Å². The molecule has 0 radical (unpaired) electrons. The van der Waals surface area contributed by atoms with Crippen LogP contribution in [0.15, 0.2) is 58.7 Å². The lowest BCUT2D eigenvalue weighted by Crippen LogP contribution is -2.44. The number of nitrogens with zero attached hydrogens (tertiary/aromatic N) is 2. The van der Waals surface area contributed by atoms with E-state index in [0.29, 0.717) is 23.6 Å². The van der Waals surface area contributed by atoms with Crippen LogP contribution in [-0.2, 0) is 20.9 Å². The number of allylic oxidation sites excluding steroid dienone is 1. The highest BCUT2D eigenvalue weighted by molar-refractivity contribution is 6.12. The van der Waals surface area contributed by atoms with Crippen molar-refractivity contribution in [3.05, 3.63) is 75.0 Å². The molecule has 0 bridgehead atoms. The van der Waals surface area contributed by atoms with E-state index in [-0.39, 0.29) is 53.6 Å². The van der Waals surface area contributed by atoms with Gasteiger partial charge in [0.15, 0.2) is 11.5 Å². The SMILES string of the molecule is CC1=C(C(=O)OCc2ccccc2)C(c2cc3c(cc2[N+](=O)[O-])OCO3)C2C(=O)CC(C)(C)CC2=N1. The summed E-state index contributed by atoms with van der Waals surface area (Å²) in [5.41, 5.74) is 1.63. The van der Waals surface area contributed by atoms with Crippen LogP contribution in [0.5, 0.6) is 11.5 Å². The number of ether oxygens (including phenoxy) is 3. The van der Waals surface area contributed by atoms with Gasteiger partial charge in [-0.25, -0.2) is 4.79 Å². The van der Waals surface area contributed by atoms with Crippen molar-refractivity contribution in [2.24, 2.45) is 16.3 Å². The monoisotopic (exact) mass is 490 g/mol. The smallest absolute Gasteiger partial charge is 0.336 e. The van der Waals surface area contributed by atoms with Crippen LogP contribution in [0.3, 0.4) is 0 Å². The third-order valence-corrected chi connectivity index (χ3v) is 6.85. The first kappa shape index (κ1) is 23.7. The van der Waals surface area contributed by atoms with Crippen LogP contribution in [0.25, 0.3) is 0 Å². The summed E-state index contributed by atoms with van der Waals surface area (Å²) < 4.78 is 16.5. The molecule has 2 aliphatic heterocycles. The largest absolute Gasteiger partial charge is 0.457 e. The minimum absolute atomic E-state index is 0.0224. The van der Waals surface area contributed by atoms with Gasteiger partial charge >= 0.3 is 5.97 Å². The molecule has 5 rings (SSSR count). The molecule has 0 aromatic heterocycles. The molecule has 36 heavy (non-hydrogen) atoms. The zero-order valence-corrected chi connectivity index (χ0v) is 20.3. The first-order valence-corrected chi connectivity index (χ1v) is 11.7. The Bertz CT molecular complexity index is 1330. The first-order valence-electron chi connectivity index (χ1n) is 11.7. The number of nitro groups is 1. The molecule has 0 saturated heterocycles. The summed E-state index contributed by atoms with van der Waals surface area (Å²) in [6, 6.07) is 12.0.